The van der Waals surface area contributed by atoms with Crippen molar-refractivity contribution < 1.29 is 27.9 Å². The summed E-state index contributed by atoms with van der Waals surface area (Å²) in [6.07, 6.45) is -3.54. The van der Waals surface area contributed by atoms with Crippen molar-refractivity contribution in [2.75, 3.05) is 5.32 Å². The summed E-state index contributed by atoms with van der Waals surface area (Å²) in [4.78, 5) is 28.4. The minimum atomic E-state index is -4.54. The molecule has 1 heterocycles. The fourth-order valence-electron chi connectivity index (χ4n) is 1.59. The van der Waals surface area contributed by atoms with Gasteiger partial charge in [-0.15, -0.1) is 0 Å². The Bertz CT molecular complexity index is 694. The molecule has 2 aromatic rings. The Labute approximate surface area is 115 Å². The summed E-state index contributed by atoms with van der Waals surface area (Å²) in [5.41, 5.74) is -1.91. The van der Waals surface area contributed by atoms with Gasteiger partial charge in [0.2, 0.25) is 0 Å². The summed E-state index contributed by atoms with van der Waals surface area (Å²) in [5, 5.41) is 11.0. The standard InChI is InChI=1S/C12H8F3N3O3/c13-12(14,15)6-2-1-3-7(4-6)18-10(19)8-9(11(20)21)17-5-16-8/h1-5H,(H,16,17)(H,18,19)(H,20,21). The van der Waals surface area contributed by atoms with Gasteiger partial charge in [-0.1, -0.05) is 6.07 Å². The number of carboxylic acids is 1. The third-order valence-electron chi connectivity index (χ3n) is 2.52. The number of anilines is 1. The molecule has 0 saturated heterocycles. The van der Waals surface area contributed by atoms with E-state index in [0.29, 0.717) is 0 Å². The normalized spacial score (nSPS) is 11.2. The van der Waals surface area contributed by atoms with Gasteiger partial charge in [0.15, 0.2) is 11.4 Å². The summed E-state index contributed by atoms with van der Waals surface area (Å²) in [5.74, 6) is -2.32. The summed E-state index contributed by atoms with van der Waals surface area (Å²) in [6, 6.07) is 3.97. The molecule has 2 rings (SSSR count). The Morgan fingerprint density at radius 1 is 1.29 bits per heavy atom. The van der Waals surface area contributed by atoms with E-state index in [1.165, 1.54) is 6.07 Å². The van der Waals surface area contributed by atoms with Crippen LogP contribution < -0.4 is 5.32 Å². The van der Waals surface area contributed by atoms with Gasteiger partial charge >= 0.3 is 12.1 Å². The maximum Gasteiger partial charge on any atom is 0.416 e. The van der Waals surface area contributed by atoms with Crippen LogP contribution in [0.15, 0.2) is 30.6 Å². The minimum absolute atomic E-state index is 0.117. The number of aromatic amines is 1. The Hall–Kier alpha value is -2.84. The van der Waals surface area contributed by atoms with Crippen LogP contribution in [0.25, 0.3) is 0 Å². The third kappa shape index (κ3) is 3.19. The molecule has 0 bridgehead atoms. The lowest BCUT2D eigenvalue weighted by Crippen LogP contribution is -2.17. The summed E-state index contributed by atoms with van der Waals surface area (Å²) in [6.45, 7) is 0. The van der Waals surface area contributed by atoms with Crippen LogP contribution >= 0.6 is 0 Å². The Balaban J connectivity index is 2.24. The number of aromatic nitrogens is 2. The maximum absolute atomic E-state index is 12.5. The van der Waals surface area contributed by atoms with E-state index in [0.717, 1.165) is 24.5 Å². The number of hydrogen-bond acceptors (Lipinski definition) is 3. The van der Waals surface area contributed by atoms with Gasteiger partial charge in [-0.3, -0.25) is 4.79 Å². The number of nitrogens with one attached hydrogen (secondary N) is 2. The van der Waals surface area contributed by atoms with Crippen LogP contribution in [-0.4, -0.2) is 27.0 Å². The number of hydrogen-bond donors (Lipinski definition) is 3. The molecule has 0 aliphatic carbocycles. The molecule has 0 aliphatic rings. The van der Waals surface area contributed by atoms with Gasteiger partial charge in [0.25, 0.3) is 5.91 Å². The lowest BCUT2D eigenvalue weighted by atomic mass is 10.2. The minimum Gasteiger partial charge on any atom is -0.477 e. The van der Waals surface area contributed by atoms with Gasteiger partial charge in [0.05, 0.1) is 11.9 Å². The highest BCUT2D eigenvalue weighted by molar-refractivity contribution is 6.08. The molecule has 6 nitrogen and oxygen atoms in total. The molecular weight excluding hydrogens is 291 g/mol. The average Bonchev–Trinajstić information content (AvgIpc) is 2.87. The van der Waals surface area contributed by atoms with E-state index >= 15 is 0 Å². The largest absolute Gasteiger partial charge is 0.477 e. The van der Waals surface area contributed by atoms with Crippen LogP contribution in [0.5, 0.6) is 0 Å². The second-order valence-corrected chi connectivity index (χ2v) is 3.96. The number of alkyl halides is 3. The van der Waals surface area contributed by atoms with E-state index in [4.69, 9.17) is 5.11 Å². The topological polar surface area (TPSA) is 95.1 Å². The lowest BCUT2D eigenvalue weighted by molar-refractivity contribution is -0.137. The number of amides is 1. The number of benzene rings is 1. The van der Waals surface area contributed by atoms with Crippen molar-refractivity contribution in [1.29, 1.82) is 0 Å². The van der Waals surface area contributed by atoms with Crippen LogP contribution in [0, 0.1) is 0 Å². The Kier molecular flexibility index (Phi) is 3.66. The van der Waals surface area contributed by atoms with E-state index in [1.807, 2.05) is 0 Å². The second kappa shape index (κ2) is 5.27. The Morgan fingerprint density at radius 2 is 2.00 bits per heavy atom. The first-order chi connectivity index (χ1) is 9.79. The first-order valence-corrected chi connectivity index (χ1v) is 5.54. The number of nitrogens with zero attached hydrogens (tertiary/aromatic N) is 1. The Morgan fingerprint density at radius 3 is 2.62 bits per heavy atom. The molecule has 21 heavy (non-hydrogen) atoms. The van der Waals surface area contributed by atoms with Gasteiger partial charge in [-0.2, -0.15) is 13.2 Å². The predicted octanol–water partition coefficient (Wildman–Crippen LogP) is 2.38. The fourth-order valence-corrected chi connectivity index (χ4v) is 1.59. The molecule has 1 aromatic carbocycles. The SMILES string of the molecule is O=C(Nc1cccc(C(F)(F)F)c1)c1nc[nH]c1C(=O)O. The molecule has 110 valence electrons. The van der Waals surface area contributed by atoms with Crippen molar-refractivity contribution in [1.82, 2.24) is 9.97 Å². The molecule has 3 N–H and O–H groups in total. The number of carboxylic acid groups (broad SMARTS) is 1. The highest BCUT2D eigenvalue weighted by atomic mass is 19.4. The van der Waals surface area contributed by atoms with Crippen LogP contribution in [0.2, 0.25) is 0 Å². The van der Waals surface area contributed by atoms with Crippen LogP contribution in [0.4, 0.5) is 18.9 Å². The molecule has 0 spiro atoms. The van der Waals surface area contributed by atoms with Crippen molar-refractivity contribution in [3.63, 3.8) is 0 Å². The maximum atomic E-state index is 12.5. The molecule has 9 heteroatoms. The highest BCUT2D eigenvalue weighted by Crippen LogP contribution is 2.30. The number of carbonyl (C=O) groups excluding carboxylic acids is 1. The van der Waals surface area contributed by atoms with Gasteiger partial charge in [0.1, 0.15) is 0 Å². The molecule has 0 saturated carbocycles. The third-order valence-corrected chi connectivity index (χ3v) is 2.52. The van der Waals surface area contributed by atoms with E-state index in [2.05, 4.69) is 15.3 Å². The van der Waals surface area contributed by atoms with Crippen molar-refractivity contribution in [2.45, 2.75) is 6.18 Å². The van der Waals surface area contributed by atoms with E-state index in [-0.39, 0.29) is 5.69 Å². The zero-order valence-corrected chi connectivity index (χ0v) is 10.2. The van der Waals surface area contributed by atoms with E-state index in [1.54, 1.807) is 0 Å². The molecule has 0 radical (unpaired) electrons. The molecule has 0 fully saturated rings. The zero-order chi connectivity index (χ0) is 15.6. The van der Waals surface area contributed by atoms with E-state index < -0.39 is 35.0 Å². The monoisotopic (exact) mass is 299 g/mol. The number of rotatable bonds is 3. The molecule has 1 amide bonds. The van der Waals surface area contributed by atoms with Crippen LogP contribution in [-0.2, 0) is 6.18 Å². The van der Waals surface area contributed by atoms with Crippen molar-refractivity contribution in [3.05, 3.63) is 47.5 Å². The quantitative estimate of drug-likeness (QED) is 0.811. The van der Waals surface area contributed by atoms with Crippen molar-refractivity contribution in [3.8, 4) is 0 Å². The molecule has 1 aromatic heterocycles. The van der Waals surface area contributed by atoms with Crippen molar-refractivity contribution in [2.24, 2.45) is 0 Å². The van der Waals surface area contributed by atoms with Gasteiger partial charge in [-0.05, 0) is 18.2 Å². The molecule has 0 atom stereocenters. The highest BCUT2D eigenvalue weighted by Gasteiger charge is 2.30. The lowest BCUT2D eigenvalue weighted by Gasteiger charge is -2.09. The summed E-state index contributed by atoms with van der Waals surface area (Å²) < 4.78 is 37.6. The number of H-pyrrole nitrogens is 1. The number of aromatic carboxylic acids is 1. The van der Waals surface area contributed by atoms with Gasteiger partial charge in [-0.25, -0.2) is 9.78 Å². The smallest absolute Gasteiger partial charge is 0.416 e. The molecular formula is C12H8F3N3O3. The molecule has 0 aliphatic heterocycles. The fraction of sp³-hybridized carbons (Fsp3) is 0.0833. The molecule has 0 unspecified atom stereocenters. The summed E-state index contributed by atoms with van der Waals surface area (Å²) >= 11 is 0. The zero-order valence-electron chi connectivity index (χ0n) is 10.2. The number of imidazole rings is 1. The predicted molar refractivity (Wildman–Crippen MR) is 64.9 cm³/mol. The van der Waals surface area contributed by atoms with E-state index in [9.17, 15) is 22.8 Å². The number of halogens is 3. The summed E-state index contributed by atoms with van der Waals surface area (Å²) in [7, 11) is 0. The van der Waals surface area contributed by atoms with Gasteiger partial charge in [0, 0.05) is 5.69 Å². The van der Waals surface area contributed by atoms with Crippen molar-refractivity contribution >= 4 is 17.6 Å². The first kappa shape index (κ1) is 14.6. The van der Waals surface area contributed by atoms with Crippen LogP contribution in [0.1, 0.15) is 26.5 Å². The van der Waals surface area contributed by atoms with Gasteiger partial charge < -0.3 is 15.4 Å². The average molecular weight is 299 g/mol. The van der Waals surface area contributed by atoms with Crippen LogP contribution in [0.3, 0.4) is 0 Å². The first-order valence-electron chi connectivity index (χ1n) is 5.54. The second-order valence-electron chi connectivity index (χ2n) is 3.96. The number of carbonyl (C=O) groups is 2.